The number of carbonyl (C=O) groups excluding carboxylic acids is 3. The Morgan fingerprint density at radius 1 is 1.10 bits per heavy atom. The maximum absolute atomic E-state index is 16.8. The highest BCUT2D eigenvalue weighted by atomic mass is 19.1. The number of carbonyl (C=O) groups is 3. The monoisotopic (exact) mass is 817 g/mol. The van der Waals surface area contributed by atoms with Gasteiger partial charge in [0, 0.05) is 49.5 Å². The standard InChI is InChI=1S/C41H64FN7O9/c1-10-31-41(8)33(49(38(53)58-41)17-12-11-16-48-22-30(46-47-48)27-14-13-15-28(43)19-27)26(5)45-21-23(2)20-39(6,54-9)35(25(4)34(51)40(7,42)37(52)56-31)57-36-32(50)29(44)18-24(3)55-36/h13-15,19,22-26,29,31-33,35-36,45,50H,10-12,16-18,20-21,43-44H2,1-9H3/t23-,24?,25-,26-,29?,31-,32?,33-,35-,36+,39-,40?,41-/m1/s1. The summed E-state index contributed by atoms with van der Waals surface area (Å²) in [4.78, 5) is 43.5. The fraction of sp³-hybridized carbons (Fsp3) is 0.732. The van der Waals surface area contributed by atoms with E-state index in [2.05, 4.69) is 15.6 Å². The number of cyclic esters (lactones) is 1. The maximum Gasteiger partial charge on any atom is 0.410 e. The zero-order chi connectivity index (χ0) is 42.7. The number of hydrogen-bond acceptors (Lipinski definition) is 14. The minimum atomic E-state index is -3.14. The molecule has 4 unspecified atom stereocenters. The first-order valence-electron chi connectivity index (χ1n) is 20.5. The fourth-order valence-electron chi connectivity index (χ4n) is 9.00. The number of Topliss-reactive ketones (excluding diaryl/α,β-unsaturated/α-hetero) is 1. The number of anilines is 1. The molecule has 1 aromatic carbocycles. The molecule has 0 aliphatic carbocycles. The van der Waals surface area contributed by atoms with Crippen LogP contribution in [0.25, 0.3) is 11.3 Å². The highest BCUT2D eigenvalue weighted by Gasteiger charge is 2.60. The summed E-state index contributed by atoms with van der Waals surface area (Å²) >= 11 is 0. The lowest BCUT2D eigenvalue weighted by Gasteiger charge is -2.45. The van der Waals surface area contributed by atoms with Crippen LogP contribution in [-0.2, 0) is 39.8 Å². The molecule has 3 aliphatic rings. The topological polar surface area (TPSA) is 216 Å². The van der Waals surface area contributed by atoms with Gasteiger partial charge in [-0.15, -0.1) is 5.10 Å². The molecule has 17 heteroatoms. The third kappa shape index (κ3) is 9.49. The number of amides is 1. The highest BCUT2D eigenvalue weighted by Crippen LogP contribution is 2.41. The molecule has 2 aromatic rings. The van der Waals surface area contributed by atoms with Gasteiger partial charge in [0.2, 0.25) is 0 Å². The molecule has 3 saturated heterocycles. The first-order valence-corrected chi connectivity index (χ1v) is 20.5. The number of fused-ring (bicyclic) bond motifs is 1. The van der Waals surface area contributed by atoms with Gasteiger partial charge in [-0.05, 0) is 91.3 Å². The van der Waals surface area contributed by atoms with Crippen molar-refractivity contribution in [3.8, 4) is 11.3 Å². The number of aliphatic hydroxyl groups excluding tert-OH is 1. The number of nitrogen functional groups attached to an aromatic ring is 1. The fourth-order valence-corrected chi connectivity index (χ4v) is 9.00. The number of halogens is 1. The van der Waals surface area contributed by atoms with Gasteiger partial charge in [-0.3, -0.25) is 14.4 Å². The molecule has 0 bridgehead atoms. The number of hydrogen-bond donors (Lipinski definition) is 4. The number of nitrogens with two attached hydrogens (primary N) is 2. The van der Waals surface area contributed by atoms with Crippen LogP contribution >= 0.6 is 0 Å². The summed E-state index contributed by atoms with van der Waals surface area (Å²) in [6.07, 6.45) is -1.78. The van der Waals surface area contributed by atoms with Crippen molar-refractivity contribution in [1.82, 2.24) is 25.2 Å². The quantitative estimate of drug-likeness (QED) is 0.116. The maximum atomic E-state index is 16.8. The van der Waals surface area contributed by atoms with E-state index in [9.17, 15) is 19.5 Å². The van der Waals surface area contributed by atoms with Gasteiger partial charge in [0.25, 0.3) is 5.67 Å². The normalized spacial score (nSPS) is 38.1. The molecule has 3 fully saturated rings. The van der Waals surface area contributed by atoms with Crippen LogP contribution < -0.4 is 16.8 Å². The van der Waals surface area contributed by atoms with Gasteiger partial charge in [-0.2, -0.15) is 0 Å². The number of unbranched alkanes of at least 4 members (excludes halogenated alkanes) is 1. The van der Waals surface area contributed by atoms with Crippen LogP contribution in [0.1, 0.15) is 87.5 Å². The molecular weight excluding hydrogens is 753 g/mol. The lowest BCUT2D eigenvalue weighted by Crippen LogP contribution is -2.61. The summed E-state index contributed by atoms with van der Waals surface area (Å²) in [5, 5.41) is 23.1. The summed E-state index contributed by atoms with van der Waals surface area (Å²) < 4.78 is 49.0. The number of aliphatic hydroxyl groups is 1. The number of aromatic nitrogens is 3. The van der Waals surface area contributed by atoms with E-state index in [0.717, 1.165) is 12.5 Å². The molecule has 1 amide bonds. The molecule has 0 radical (unpaired) electrons. The summed E-state index contributed by atoms with van der Waals surface area (Å²) in [7, 11) is 1.47. The van der Waals surface area contributed by atoms with Gasteiger partial charge < -0.3 is 45.6 Å². The zero-order valence-electron chi connectivity index (χ0n) is 35.4. The van der Waals surface area contributed by atoms with Crippen LogP contribution in [0.5, 0.6) is 0 Å². The Morgan fingerprint density at radius 3 is 2.48 bits per heavy atom. The third-order valence-electron chi connectivity index (χ3n) is 12.2. The van der Waals surface area contributed by atoms with Crippen LogP contribution in [0, 0.1) is 11.8 Å². The molecular formula is C41H64FN7O9. The SMILES string of the molecule is CC[C@H]1OC(=O)C(C)(F)C(=O)[C@@H](C)[C@@H](O[C@@H]2OC(C)CC(N)C2O)[C@](C)(OC)C[C@@H](C)CN[C@H](C)[C@H]2N(CCCCn3cc(-c4cccc(N)c4)nn3)C(=O)O[C@]12C. The summed E-state index contributed by atoms with van der Waals surface area (Å²) in [5.74, 6) is -3.93. The molecule has 0 saturated carbocycles. The highest BCUT2D eigenvalue weighted by molar-refractivity contribution is 6.07. The van der Waals surface area contributed by atoms with Crippen LogP contribution in [0.15, 0.2) is 30.5 Å². The number of esters is 1. The van der Waals surface area contributed by atoms with Crippen LogP contribution in [0.3, 0.4) is 0 Å². The number of ketones is 1. The van der Waals surface area contributed by atoms with Gasteiger partial charge >= 0.3 is 12.1 Å². The number of nitrogens with one attached hydrogen (secondary N) is 1. The second-order valence-corrected chi connectivity index (χ2v) is 17.1. The number of ether oxygens (including phenoxy) is 5. The number of nitrogens with zero attached hydrogens (tertiary/aromatic N) is 4. The van der Waals surface area contributed by atoms with Crippen molar-refractivity contribution in [2.75, 3.05) is 25.9 Å². The Labute approximate surface area is 340 Å². The average Bonchev–Trinajstić information content (AvgIpc) is 3.75. The van der Waals surface area contributed by atoms with Crippen LogP contribution in [0.4, 0.5) is 14.9 Å². The summed E-state index contributed by atoms with van der Waals surface area (Å²) in [6, 6.07) is 5.69. The van der Waals surface area contributed by atoms with Crippen molar-refractivity contribution in [2.45, 2.75) is 160 Å². The lowest BCUT2D eigenvalue weighted by molar-refractivity contribution is -0.288. The number of methoxy groups -OCH3 is 1. The third-order valence-corrected chi connectivity index (χ3v) is 12.2. The molecule has 324 valence electrons. The van der Waals surface area contributed by atoms with E-state index in [0.29, 0.717) is 56.7 Å². The summed E-state index contributed by atoms with van der Waals surface area (Å²) in [6.45, 7) is 14.5. The first-order chi connectivity index (χ1) is 27.2. The van der Waals surface area contributed by atoms with Crippen molar-refractivity contribution < 1.29 is 47.6 Å². The Bertz CT molecular complexity index is 1750. The molecule has 1 aromatic heterocycles. The molecule has 4 heterocycles. The van der Waals surface area contributed by atoms with E-state index >= 15 is 4.39 Å². The van der Waals surface area contributed by atoms with E-state index in [-0.39, 0.29) is 18.4 Å². The van der Waals surface area contributed by atoms with Gasteiger partial charge in [-0.1, -0.05) is 38.1 Å². The second kappa shape index (κ2) is 18.3. The van der Waals surface area contributed by atoms with E-state index in [1.165, 1.54) is 14.0 Å². The number of aryl methyl sites for hydroxylation is 1. The molecule has 6 N–H and O–H groups in total. The van der Waals surface area contributed by atoms with Gasteiger partial charge in [-0.25, -0.2) is 14.0 Å². The summed E-state index contributed by atoms with van der Waals surface area (Å²) in [5.41, 5.74) is 8.52. The van der Waals surface area contributed by atoms with E-state index in [1.54, 1.807) is 43.3 Å². The molecule has 13 atom stereocenters. The minimum Gasteiger partial charge on any atom is -0.455 e. The largest absolute Gasteiger partial charge is 0.455 e. The number of benzene rings is 1. The van der Waals surface area contributed by atoms with Crippen LogP contribution in [-0.4, -0.2) is 129 Å². The minimum absolute atomic E-state index is 0.126. The first kappa shape index (κ1) is 45.3. The smallest absolute Gasteiger partial charge is 0.410 e. The number of rotatable bonds is 10. The van der Waals surface area contributed by atoms with E-state index < -0.39 is 83.4 Å². The average molecular weight is 818 g/mol. The van der Waals surface area contributed by atoms with E-state index in [4.69, 9.17) is 35.2 Å². The van der Waals surface area contributed by atoms with Crippen LogP contribution in [0.2, 0.25) is 0 Å². The van der Waals surface area contributed by atoms with Crippen molar-refractivity contribution in [3.05, 3.63) is 30.5 Å². The van der Waals surface area contributed by atoms with Gasteiger partial charge in [0.05, 0.1) is 30.0 Å². The van der Waals surface area contributed by atoms with Crippen molar-refractivity contribution in [1.29, 1.82) is 0 Å². The second-order valence-electron chi connectivity index (χ2n) is 17.1. The molecule has 3 aliphatic heterocycles. The Hall–Kier alpha value is -3.74. The lowest BCUT2D eigenvalue weighted by atomic mass is 9.78. The van der Waals surface area contributed by atoms with Crippen molar-refractivity contribution >= 4 is 23.5 Å². The predicted octanol–water partition coefficient (Wildman–Crippen LogP) is 3.77. The Morgan fingerprint density at radius 2 is 1.81 bits per heavy atom. The van der Waals surface area contributed by atoms with Crippen molar-refractivity contribution in [3.63, 3.8) is 0 Å². The Kier molecular flexibility index (Phi) is 14.3. The molecule has 5 rings (SSSR count). The van der Waals surface area contributed by atoms with Gasteiger partial charge in [0.1, 0.15) is 17.9 Å². The molecule has 58 heavy (non-hydrogen) atoms. The molecule has 0 spiro atoms. The van der Waals surface area contributed by atoms with Gasteiger partial charge in [0.15, 0.2) is 17.7 Å². The zero-order valence-corrected chi connectivity index (χ0v) is 35.4. The molecule has 16 nitrogen and oxygen atoms in total. The van der Waals surface area contributed by atoms with E-state index in [1.807, 2.05) is 38.2 Å². The number of alkyl halides is 1. The van der Waals surface area contributed by atoms with Crippen molar-refractivity contribution in [2.24, 2.45) is 17.6 Å². The Balaban J connectivity index is 1.40. The predicted molar refractivity (Wildman–Crippen MR) is 213 cm³/mol.